The van der Waals surface area contributed by atoms with Gasteiger partial charge in [-0.05, 0) is 50.7 Å². The summed E-state index contributed by atoms with van der Waals surface area (Å²) in [6, 6.07) is 6.31. The summed E-state index contributed by atoms with van der Waals surface area (Å²) in [6.07, 6.45) is 1.61. The van der Waals surface area contributed by atoms with Crippen molar-refractivity contribution in [1.82, 2.24) is 4.90 Å². The van der Waals surface area contributed by atoms with Gasteiger partial charge in [-0.3, -0.25) is 0 Å². The number of ether oxygens (including phenoxy) is 3. The lowest BCUT2D eigenvalue weighted by Crippen LogP contribution is -2.39. The molecule has 0 spiro atoms. The second kappa shape index (κ2) is 6.23. The molecule has 0 saturated carbocycles. The minimum Gasteiger partial charge on any atom is -0.493 e. The lowest BCUT2D eigenvalue weighted by atomic mass is 9.74. The third-order valence-electron chi connectivity index (χ3n) is 4.27. The van der Waals surface area contributed by atoms with Crippen molar-refractivity contribution in [2.45, 2.75) is 18.3 Å². The van der Waals surface area contributed by atoms with Crippen molar-refractivity contribution >= 4 is 0 Å². The predicted molar refractivity (Wildman–Crippen MR) is 80.1 cm³/mol. The molecule has 5 nitrogen and oxygen atoms in total. The van der Waals surface area contributed by atoms with Gasteiger partial charge in [-0.25, -0.2) is 0 Å². The highest BCUT2D eigenvalue weighted by Crippen LogP contribution is 2.44. The summed E-state index contributed by atoms with van der Waals surface area (Å²) in [5.41, 5.74) is 0.451. The first-order valence-electron chi connectivity index (χ1n) is 7.00. The SMILES string of the molecule is COc1cc(C2(C#N)CCN(C)CC2)cc(OC)c1OC. The van der Waals surface area contributed by atoms with Crippen LogP contribution in [0.25, 0.3) is 0 Å². The van der Waals surface area contributed by atoms with Crippen LogP contribution in [0.4, 0.5) is 0 Å². The molecule has 0 aromatic heterocycles. The first-order valence-corrected chi connectivity index (χ1v) is 7.00. The van der Waals surface area contributed by atoms with Gasteiger partial charge in [0.2, 0.25) is 5.75 Å². The molecule has 0 aliphatic carbocycles. The molecule has 21 heavy (non-hydrogen) atoms. The smallest absolute Gasteiger partial charge is 0.203 e. The Bertz CT molecular complexity index is 518. The Balaban J connectivity index is 2.50. The largest absolute Gasteiger partial charge is 0.493 e. The average molecular weight is 290 g/mol. The maximum absolute atomic E-state index is 9.75. The van der Waals surface area contributed by atoms with E-state index >= 15 is 0 Å². The van der Waals surface area contributed by atoms with Gasteiger partial charge in [0.15, 0.2) is 11.5 Å². The Morgan fingerprint density at radius 1 is 1.05 bits per heavy atom. The van der Waals surface area contributed by atoms with Crippen molar-refractivity contribution in [2.75, 3.05) is 41.5 Å². The second-order valence-electron chi connectivity index (χ2n) is 5.41. The molecule has 0 radical (unpaired) electrons. The van der Waals surface area contributed by atoms with Crippen molar-refractivity contribution in [1.29, 1.82) is 5.26 Å². The molecule has 1 aromatic rings. The molecule has 114 valence electrons. The van der Waals surface area contributed by atoms with Crippen LogP contribution in [0.5, 0.6) is 17.2 Å². The normalized spacial score (nSPS) is 17.9. The third kappa shape index (κ3) is 2.77. The summed E-state index contributed by atoms with van der Waals surface area (Å²) < 4.78 is 16.1. The molecule has 5 heteroatoms. The maximum Gasteiger partial charge on any atom is 0.203 e. The highest BCUT2D eigenvalue weighted by atomic mass is 16.5. The van der Waals surface area contributed by atoms with Gasteiger partial charge < -0.3 is 19.1 Å². The number of piperidine rings is 1. The number of nitrogens with zero attached hydrogens (tertiary/aromatic N) is 2. The minimum absolute atomic E-state index is 0.487. The number of methoxy groups -OCH3 is 3. The molecule has 1 aliphatic heterocycles. The van der Waals surface area contributed by atoms with Crippen LogP contribution >= 0.6 is 0 Å². The lowest BCUT2D eigenvalue weighted by Gasteiger charge is -2.36. The fraction of sp³-hybridized carbons (Fsp3) is 0.562. The van der Waals surface area contributed by atoms with Crippen LogP contribution in [-0.4, -0.2) is 46.4 Å². The van der Waals surface area contributed by atoms with E-state index in [4.69, 9.17) is 14.2 Å². The van der Waals surface area contributed by atoms with E-state index in [1.165, 1.54) is 0 Å². The van der Waals surface area contributed by atoms with E-state index in [9.17, 15) is 5.26 Å². The maximum atomic E-state index is 9.75. The number of likely N-dealkylation sites (tertiary alicyclic amines) is 1. The van der Waals surface area contributed by atoms with Crippen molar-refractivity contribution in [3.63, 3.8) is 0 Å². The van der Waals surface area contributed by atoms with Crippen molar-refractivity contribution in [3.05, 3.63) is 17.7 Å². The van der Waals surface area contributed by atoms with Crippen LogP contribution in [-0.2, 0) is 5.41 Å². The van der Waals surface area contributed by atoms with E-state index in [1.807, 2.05) is 12.1 Å². The molecule has 2 rings (SSSR count). The van der Waals surface area contributed by atoms with Crippen molar-refractivity contribution in [2.24, 2.45) is 0 Å². The second-order valence-corrected chi connectivity index (χ2v) is 5.41. The summed E-state index contributed by atoms with van der Waals surface area (Å²) in [6.45, 7) is 1.81. The molecule has 1 saturated heterocycles. The number of hydrogen-bond donors (Lipinski definition) is 0. The van der Waals surface area contributed by atoms with E-state index in [0.717, 1.165) is 31.5 Å². The van der Waals surface area contributed by atoms with Gasteiger partial charge in [0, 0.05) is 0 Å². The zero-order valence-electron chi connectivity index (χ0n) is 13.1. The summed E-state index contributed by atoms with van der Waals surface area (Å²) in [4.78, 5) is 2.24. The summed E-state index contributed by atoms with van der Waals surface area (Å²) in [5, 5.41) is 9.75. The Morgan fingerprint density at radius 3 is 1.95 bits per heavy atom. The van der Waals surface area contributed by atoms with E-state index < -0.39 is 5.41 Å². The summed E-state index contributed by atoms with van der Waals surface area (Å²) >= 11 is 0. The van der Waals surface area contributed by atoms with Gasteiger partial charge >= 0.3 is 0 Å². The molecular weight excluding hydrogens is 268 g/mol. The fourth-order valence-electron chi connectivity index (χ4n) is 2.82. The average Bonchev–Trinajstić information content (AvgIpc) is 2.54. The molecular formula is C16H22N2O3. The first-order chi connectivity index (χ1) is 10.1. The zero-order valence-corrected chi connectivity index (χ0v) is 13.1. The lowest BCUT2D eigenvalue weighted by molar-refractivity contribution is 0.221. The van der Waals surface area contributed by atoms with Gasteiger partial charge in [-0.2, -0.15) is 5.26 Å². The van der Waals surface area contributed by atoms with Crippen LogP contribution in [0.15, 0.2) is 12.1 Å². The third-order valence-corrected chi connectivity index (χ3v) is 4.27. The van der Waals surface area contributed by atoms with Crippen LogP contribution < -0.4 is 14.2 Å². The molecule has 1 heterocycles. The first kappa shape index (κ1) is 15.5. The number of nitriles is 1. The molecule has 0 unspecified atom stereocenters. The monoisotopic (exact) mass is 290 g/mol. The Morgan fingerprint density at radius 2 is 1.57 bits per heavy atom. The quantitative estimate of drug-likeness (QED) is 0.851. The highest BCUT2D eigenvalue weighted by molar-refractivity contribution is 5.56. The van der Waals surface area contributed by atoms with E-state index in [2.05, 4.69) is 18.0 Å². The van der Waals surface area contributed by atoms with Gasteiger partial charge in [0.1, 0.15) is 0 Å². The van der Waals surface area contributed by atoms with E-state index in [-0.39, 0.29) is 0 Å². The Hall–Kier alpha value is -1.93. The van der Waals surface area contributed by atoms with Crippen LogP contribution in [0.2, 0.25) is 0 Å². The highest BCUT2D eigenvalue weighted by Gasteiger charge is 2.37. The van der Waals surface area contributed by atoms with Crippen molar-refractivity contribution in [3.8, 4) is 23.3 Å². The topological polar surface area (TPSA) is 54.7 Å². The van der Waals surface area contributed by atoms with Gasteiger partial charge in [0.05, 0.1) is 32.8 Å². The van der Waals surface area contributed by atoms with Gasteiger partial charge in [-0.15, -0.1) is 0 Å². The van der Waals surface area contributed by atoms with Crippen LogP contribution in [0.3, 0.4) is 0 Å². The van der Waals surface area contributed by atoms with E-state index in [1.54, 1.807) is 21.3 Å². The fourth-order valence-corrected chi connectivity index (χ4v) is 2.82. The predicted octanol–water partition coefficient (Wildman–Crippen LogP) is 2.20. The minimum atomic E-state index is -0.487. The molecule has 0 N–H and O–H groups in total. The van der Waals surface area contributed by atoms with Gasteiger partial charge in [0.25, 0.3) is 0 Å². The molecule has 0 bridgehead atoms. The Labute approximate surface area is 126 Å². The van der Waals surface area contributed by atoms with Crippen LogP contribution in [0.1, 0.15) is 18.4 Å². The molecule has 0 amide bonds. The Kier molecular flexibility index (Phi) is 4.59. The van der Waals surface area contributed by atoms with Crippen molar-refractivity contribution < 1.29 is 14.2 Å². The molecule has 1 aromatic carbocycles. The molecule has 0 atom stereocenters. The summed E-state index contributed by atoms with van der Waals surface area (Å²) in [7, 11) is 6.84. The number of rotatable bonds is 4. The summed E-state index contributed by atoms with van der Waals surface area (Å²) in [5.74, 6) is 1.76. The number of benzene rings is 1. The molecule has 1 aliphatic rings. The standard InChI is InChI=1S/C16H22N2O3/c1-18-7-5-16(11-17,6-8-18)12-9-13(19-2)15(21-4)14(10-12)20-3/h9-10H,5-8H2,1-4H3. The van der Waals surface area contributed by atoms with Gasteiger partial charge in [-0.1, -0.05) is 0 Å². The number of hydrogen-bond acceptors (Lipinski definition) is 5. The van der Waals surface area contributed by atoms with E-state index in [0.29, 0.717) is 17.2 Å². The van der Waals surface area contributed by atoms with Crippen LogP contribution in [0, 0.1) is 11.3 Å². The molecule has 1 fully saturated rings. The zero-order chi connectivity index (χ0) is 15.5.